The van der Waals surface area contributed by atoms with Crippen LogP contribution < -0.4 is 10.6 Å². The average Bonchev–Trinajstić information content (AvgIpc) is 2.46. The van der Waals surface area contributed by atoms with Gasteiger partial charge < -0.3 is 10.6 Å². The lowest BCUT2D eigenvalue weighted by Crippen LogP contribution is -2.28. The standard InChI is InChI=1S/C15H13N3O/c19-15(18-14-9-5-10-16-12-14)17-11-4-8-13-6-2-1-3-7-13/h1-3,5-7,9-10,12H,11H2,(H2,17,18,19). The van der Waals surface area contributed by atoms with Gasteiger partial charge in [-0.2, -0.15) is 0 Å². The van der Waals surface area contributed by atoms with Crippen LogP contribution in [0.2, 0.25) is 0 Å². The van der Waals surface area contributed by atoms with E-state index in [1.54, 1.807) is 24.5 Å². The third kappa shape index (κ3) is 4.52. The summed E-state index contributed by atoms with van der Waals surface area (Å²) in [4.78, 5) is 15.4. The van der Waals surface area contributed by atoms with Gasteiger partial charge in [-0.25, -0.2) is 4.79 Å². The molecule has 1 aromatic heterocycles. The van der Waals surface area contributed by atoms with E-state index in [0.717, 1.165) is 5.56 Å². The first-order chi connectivity index (χ1) is 9.34. The van der Waals surface area contributed by atoms with Gasteiger partial charge in [-0.15, -0.1) is 0 Å². The number of amides is 2. The quantitative estimate of drug-likeness (QED) is 0.804. The minimum atomic E-state index is -0.296. The van der Waals surface area contributed by atoms with Crippen molar-refractivity contribution in [2.45, 2.75) is 0 Å². The molecule has 19 heavy (non-hydrogen) atoms. The zero-order valence-corrected chi connectivity index (χ0v) is 10.3. The number of anilines is 1. The van der Waals surface area contributed by atoms with Crippen molar-refractivity contribution in [2.24, 2.45) is 0 Å². The van der Waals surface area contributed by atoms with E-state index < -0.39 is 0 Å². The van der Waals surface area contributed by atoms with Gasteiger partial charge in [0.05, 0.1) is 18.4 Å². The largest absolute Gasteiger partial charge is 0.327 e. The van der Waals surface area contributed by atoms with E-state index >= 15 is 0 Å². The molecular formula is C15H13N3O. The van der Waals surface area contributed by atoms with Crippen LogP contribution in [0.25, 0.3) is 0 Å². The Bertz CT molecular complexity index is 585. The molecule has 0 aliphatic rings. The van der Waals surface area contributed by atoms with Crippen molar-refractivity contribution in [1.82, 2.24) is 10.3 Å². The minimum absolute atomic E-state index is 0.293. The highest BCUT2D eigenvalue weighted by Gasteiger charge is 1.98. The summed E-state index contributed by atoms with van der Waals surface area (Å²) in [6.45, 7) is 0.293. The number of urea groups is 1. The first-order valence-electron chi connectivity index (χ1n) is 5.83. The van der Waals surface area contributed by atoms with Crippen LogP contribution in [0.3, 0.4) is 0 Å². The van der Waals surface area contributed by atoms with Gasteiger partial charge in [0.1, 0.15) is 0 Å². The van der Waals surface area contributed by atoms with E-state index in [4.69, 9.17) is 0 Å². The first kappa shape index (κ1) is 12.7. The van der Waals surface area contributed by atoms with Gasteiger partial charge in [0, 0.05) is 11.8 Å². The molecule has 0 saturated heterocycles. The first-order valence-corrected chi connectivity index (χ1v) is 5.83. The smallest absolute Gasteiger partial charge is 0.320 e. The van der Waals surface area contributed by atoms with Gasteiger partial charge in [-0.05, 0) is 24.3 Å². The molecule has 2 N–H and O–H groups in total. The lowest BCUT2D eigenvalue weighted by molar-refractivity contribution is 0.253. The monoisotopic (exact) mass is 251 g/mol. The normalized spacial score (nSPS) is 9.05. The van der Waals surface area contributed by atoms with Crippen LogP contribution in [0.15, 0.2) is 54.9 Å². The number of carbonyl (C=O) groups is 1. The van der Waals surface area contributed by atoms with E-state index in [0.29, 0.717) is 12.2 Å². The summed E-state index contributed by atoms with van der Waals surface area (Å²) in [5.74, 6) is 5.84. The Morgan fingerprint density at radius 1 is 1.16 bits per heavy atom. The highest BCUT2D eigenvalue weighted by molar-refractivity contribution is 5.89. The van der Waals surface area contributed by atoms with E-state index in [9.17, 15) is 4.79 Å². The Hall–Kier alpha value is -2.80. The predicted octanol–water partition coefficient (Wildman–Crippen LogP) is 2.25. The maximum atomic E-state index is 11.5. The second-order valence-electron chi connectivity index (χ2n) is 3.72. The Morgan fingerprint density at radius 2 is 2.00 bits per heavy atom. The van der Waals surface area contributed by atoms with Crippen molar-refractivity contribution in [3.05, 3.63) is 60.4 Å². The summed E-state index contributed by atoms with van der Waals surface area (Å²) in [6.07, 6.45) is 3.23. The Kier molecular flexibility index (Phi) is 4.54. The molecule has 2 aromatic rings. The lowest BCUT2D eigenvalue weighted by atomic mass is 10.2. The number of hydrogen-bond acceptors (Lipinski definition) is 2. The summed E-state index contributed by atoms with van der Waals surface area (Å²) in [6, 6.07) is 12.8. The SMILES string of the molecule is O=C(NCC#Cc1ccccc1)Nc1cccnc1. The van der Waals surface area contributed by atoms with Crippen molar-refractivity contribution in [1.29, 1.82) is 0 Å². The third-order valence-electron chi connectivity index (χ3n) is 2.26. The van der Waals surface area contributed by atoms with Gasteiger partial charge in [-0.3, -0.25) is 4.98 Å². The minimum Gasteiger partial charge on any atom is -0.327 e. The molecule has 0 bridgehead atoms. The number of hydrogen-bond donors (Lipinski definition) is 2. The zero-order chi connectivity index (χ0) is 13.3. The van der Waals surface area contributed by atoms with E-state index in [1.165, 1.54) is 0 Å². The topological polar surface area (TPSA) is 54.0 Å². The van der Waals surface area contributed by atoms with Gasteiger partial charge in [-0.1, -0.05) is 30.0 Å². The summed E-state index contributed by atoms with van der Waals surface area (Å²) >= 11 is 0. The van der Waals surface area contributed by atoms with Crippen molar-refractivity contribution in [3.8, 4) is 11.8 Å². The van der Waals surface area contributed by atoms with E-state index in [2.05, 4.69) is 27.5 Å². The highest BCUT2D eigenvalue weighted by atomic mass is 16.2. The molecule has 1 aromatic carbocycles. The van der Waals surface area contributed by atoms with Gasteiger partial charge in [0.2, 0.25) is 0 Å². The lowest BCUT2D eigenvalue weighted by Gasteiger charge is -2.03. The van der Waals surface area contributed by atoms with Crippen molar-refractivity contribution in [2.75, 3.05) is 11.9 Å². The molecule has 0 spiro atoms. The fraction of sp³-hybridized carbons (Fsp3) is 0.0667. The number of nitrogens with zero attached hydrogens (tertiary/aromatic N) is 1. The van der Waals surface area contributed by atoms with Gasteiger partial charge in [0.15, 0.2) is 0 Å². The molecule has 0 radical (unpaired) electrons. The van der Waals surface area contributed by atoms with Crippen LogP contribution in [0.1, 0.15) is 5.56 Å². The maximum Gasteiger partial charge on any atom is 0.320 e. The molecular weight excluding hydrogens is 238 g/mol. The molecule has 0 saturated carbocycles. The second-order valence-corrected chi connectivity index (χ2v) is 3.72. The Balaban J connectivity index is 1.77. The summed E-state index contributed by atoms with van der Waals surface area (Å²) < 4.78 is 0. The second kappa shape index (κ2) is 6.82. The molecule has 1 heterocycles. The number of nitrogens with one attached hydrogen (secondary N) is 2. The molecule has 0 aliphatic heterocycles. The van der Waals surface area contributed by atoms with E-state index in [-0.39, 0.29) is 6.03 Å². The van der Waals surface area contributed by atoms with E-state index in [1.807, 2.05) is 30.3 Å². The molecule has 0 fully saturated rings. The summed E-state index contributed by atoms with van der Waals surface area (Å²) in [7, 11) is 0. The van der Waals surface area contributed by atoms with Gasteiger partial charge in [0.25, 0.3) is 0 Å². The fourth-order valence-electron chi connectivity index (χ4n) is 1.40. The molecule has 2 amide bonds. The number of rotatable bonds is 2. The van der Waals surface area contributed by atoms with Gasteiger partial charge >= 0.3 is 6.03 Å². The molecule has 4 nitrogen and oxygen atoms in total. The molecule has 2 rings (SSSR count). The summed E-state index contributed by atoms with van der Waals surface area (Å²) in [5.41, 5.74) is 1.58. The van der Waals surface area contributed by atoms with Crippen molar-refractivity contribution >= 4 is 11.7 Å². The van der Waals surface area contributed by atoms with Crippen LogP contribution in [-0.2, 0) is 0 Å². The number of pyridine rings is 1. The van der Waals surface area contributed by atoms with Crippen molar-refractivity contribution in [3.63, 3.8) is 0 Å². The van der Waals surface area contributed by atoms with Crippen LogP contribution in [0.5, 0.6) is 0 Å². The molecule has 0 atom stereocenters. The molecule has 0 unspecified atom stereocenters. The average molecular weight is 251 g/mol. The maximum absolute atomic E-state index is 11.5. The molecule has 0 aliphatic carbocycles. The van der Waals surface area contributed by atoms with Crippen LogP contribution in [0.4, 0.5) is 10.5 Å². The van der Waals surface area contributed by atoms with Crippen LogP contribution in [-0.4, -0.2) is 17.6 Å². The Labute approximate surface area is 111 Å². The van der Waals surface area contributed by atoms with Crippen molar-refractivity contribution < 1.29 is 4.79 Å². The third-order valence-corrected chi connectivity index (χ3v) is 2.26. The number of carbonyl (C=O) groups excluding carboxylic acids is 1. The molecule has 94 valence electrons. The fourth-order valence-corrected chi connectivity index (χ4v) is 1.40. The zero-order valence-electron chi connectivity index (χ0n) is 10.3. The summed E-state index contributed by atoms with van der Waals surface area (Å²) in [5, 5.41) is 5.31. The number of aromatic nitrogens is 1. The Morgan fingerprint density at radius 3 is 2.74 bits per heavy atom. The highest BCUT2D eigenvalue weighted by Crippen LogP contribution is 2.01. The number of benzene rings is 1. The predicted molar refractivity (Wildman–Crippen MR) is 74.6 cm³/mol. The van der Waals surface area contributed by atoms with Crippen LogP contribution in [0, 0.1) is 11.8 Å². The molecule has 4 heteroatoms. The van der Waals surface area contributed by atoms with Crippen LogP contribution >= 0.6 is 0 Å².